The van der Waals surface area contributed by atoms with Crippen LogP contribution in [-0.2, 0) is 9.59 Å². The van der Waals surface area contributed by atoms with Crippen LogP contribution >= 0.6 is 0 Å². The van der Waals surface area contributed by atoms with Crippen molar-refractivity contribution in [2.24, 2.45) is 5.10 Å². The SMILES string of the molecule is CCCOc1ccccc1C=NNC(=O)CC(=O)Nc1ccc(OC)cc1. The number of hydrogen-bond donors (Lipinski definition) is 2. The van der Waals surface area contributed by atoms with Crippen molar-refractivity contribution in [1.82, 2.24) is 5.43 Å². The van der Waals surface area contributed by atoms with E-state index in [1.165, 1.54) is 6.21 Å². The molecule has 0 bridgehead atoms. The molecule has 0 atom stereocenters. The molecule has 2 aromatic rings. The lowest BCUT2D eigenvalue weighted by molar-refractivity contribution is -0.126. The molecule has 2 rings (SSSR count). The summed E-state index contributed by atoms with van der Waals surface area (Å²) in [5, 5.41) is 6.53. The monoisotopic (exact) mass is 369 g/mol. The van der Waals surface area contributed by atoms with E-state index in [9.17, 15) is 9.59 Å². The number of benzene rings is 2. The predicted molar refractivity (Wildman–Crippen MR) is 104 cm³/mol. The van der Waals surface area contributed by atoms with Gasteiger partial charge in [0, 0.05) is 11.3 Å². The molecule has 0 radical (unpaired) electrons. The molecule has 0 aliphatic carbocycles. The highest BCUT2D eigenvalue weighted by molar-refractivity contribution is 6.03. The van der Waals surface area contributed by atoms with E-state index in [1.807, 2.05) is 31.2 Å². The van der Waals surface area contributed by atoms with Crippen molar-refractivity contribution in [3.8, 4) is 11.5 Å². The van der Waals surface area contributed by atoms with E-state index in [1.54, 1.807) is 31.4 Å². The maximum atomic E-state index is 11.9. The predicted octanol–water partition coefficient (Wildman–Crippen LogP) is 2.96. The largest absolute Gasteiger partial charge is 0.497 e. The van der Waals surface area contributed by atoms with E-state index >= 15 is 0 Å². The first-order valence-corrected chi connectivity index (χ1v) is 8.60. The molecule has 7 heteroatoms. The van der Waals surface area contributed by atoms with Crippen LogP contribution < -0.4 is 20.2 Å². The summed E-state index contributed by atoms with van der Waals surface area (Å²) >= 11 is 0. The third kappa shape index (κ3) is 6.81. The molecule has 2 aromatic carbocycles. The van der Waals surface area contributed by atoms with E-state index < -0.39 is 11.8 Å². The number of carbonyl (C=O) groups is 2. The summed E-state index contributed by atoms with van der Waals surface area (Å²) in [6.07, 6.45) is 2.05. The molecule has 0 aliphatic heterocycles. The summed E-state index contributed by atoms with van der Waals surface area (Å²) in [5.74, 6) is 0.432. The molecule has 0 aliphatic rings. The minimum Gasteiger partial charge on any atom is -0.497 e. The van der Waals surface area contributed by atoms with Gasteiger partial charge >= 0.3 is 0 Å². The third-order valence-electron chi connectivity index (χ3n) is 3.47. The molecule has 0 fully saturated rings. The van der Waals surface area contributed by atoms with Crippen LogP contribution in [0.3, 0.4) is 0 Å². The lowest BCUT2D eigenvalue weighted by Crippen LogP contribution is -2.24. The number of amides is 2. The fraction of sp³-hybridized carbons (Fsp3) is 0.250. The first-order chi connectivity index (χ1) is 13.1. The van der Waals surface area contributed by atoms with E-state index in [0.29, 0.717) is 23.8 Å². The summed E-state index contributed by atoms with van der Waals surface area (Å²) in [4.78, 5) is 23.8. The Balaban J connectivity index is 1.83. The van der Waals surface area contributed by atoms with Gasteiger partial charge < -0.3 is 14.8 Å². The number of rotatable bonds is 9. The Hall–Kier alpha value is -3.35. The van der Waals surface area contributed by atoms with Gasteiger partial charge in [0.1, 0.15) is 17.9 Å². The van der Waals surface area contributed by atoms with Crippen molar-refractivity contribution >= 4 is 23.7 Å². The number of para-hydroxylation sites is 1. The zero-order valence-electron chi connectivity index (χ0n) is 15.4. The highest BCUT2D eigenvalue weighted by atomic mass is 16.5. The molecule has 2 amide bonds. The maximum absolute atomic E-state index is 11.9. The van der Waals surface area contributed by atoms with Crippen molar-refractivity contribution in [1.29, 1.82) is 0 Å². The van der Waals surface area contributed by atoms with Gasteiger partial charge in [0.05, 0.1) is 19.9 Å². The van der Waals surface area contributed by atoms with Crippen molar-refractivity contribution in [2.45, 2.75) is 19.8 Å². The first kappa shape index (κ1) is 20.0. The molecule has 0 saturated carbocycles. The standard InChI is InChI=1S/C20H23N3O4/c1-3-12-27-18-7-5-4-6-15(18)14-21-23-20(25)13-19(24)22-16-8-10-17(26-2)11-9-16/h4-11,14H,3,12-13H2,1-2H3,(H,22,24)(H,23,25). The van der Waals surface area contributed by atoms with E-state index in [0.717, 1.165) is 12.0 Å². The Bertz CT molecular complexity index is 788. The molecule has 142 valence electrons. The highest BCUT2D eigenvalue weighted by Gasteiger charge is 2.09. The van der Waals surface area contributed by atoms with Crippen molar-refractivity contribution in [3.63, 3.8) is 0 Å². The van der Waals surface area contributed by atoms with Crippen LogP contribution in [0.25, 0.3) is 0 Å². The van der Waals surface area contributed by atoms with Crippen molar-refractivity contribution in [3.05, 3.63) is 54.1 Å². The van der Waals surface area contributed by atoms with Crippen LogP contribution in [0, 0.1) is 0 Å². The zero-order valence-corrected chi connectivity index (χ0v) is 15.4. The second-order valence-corrected chi connectivity index (χ2v) is 5.63. The van der Waals surface area contributed by atoms with Gasteiger partial charge in [-0.3, -0.25) is 9.59 Å². The Morgan fingerprint density at radius 3 is 2.52 bits per heavy atom. The van der Waals surface area contributed by atoms with Gasteiger partial charge in [-0.25, -0.2) is 5.43 Å². The molecule has 0 heterocycles. The van der Waals surface area contributed by atoms with Gasteiger partial charge in [-0.2, -0.15) is 5.10 Å². The summed E-state index contributed by atoms with van der Waals surface area (Å²) in [5.41, 5.74) is 3.67. The van der Waals surface area contributed by atoms with Crippen LogP contribution in [0.15, 0.2) is 53.6 Å². The second-order valence-electron chi connectivity index (χ2n) is 5.63. The van der Waals surface area contributed by atoms with Gasteiger partial charge in [0.2, 0.25) is 11.8 Å². The Morgan fingerprint density at radius 1 is 1.07 bits per heavy atom. The normalized spacial score (nSPS) is 10.4. The first-order valence-electron chi connectivity index (χ1n) is 8.60. The number of nitrogens with zero attached hydrogens (tertiary/aromatic N) is 1. The molecule has 7 nitrogen and oxygen atoms in total. The molecule has 27 heavy (non-hydrogen) atoms. The minimum atomic E-state index is -0.510. The Kier molecular flexibility index (Phi) is 7.84. The van der Waals surface area contributed by atoms with Crippen molar-refractivity contribution < 1.29 is 19.1 Å². The van der Waals surface area contributed by atoms with Gasteiger partial charge in [-0.05, 0) is 42.8 Å². The van der Waals surface area contributed by atoms with E-state index in [4.69, 9.17) is 9.47 Å². The number of nitrogens with one attached hydrogen (secondary N) is 2. The topological polar surface area (TPSA) is 89.0 Å². The smallest absolute Gasteiger partial charge is 0.249 e. The summed E-state index contributed by atoms with van der Waals surface area (Å²) in [6.45, 7) is 2.62. The minimum absolute atomic E-state index is 0.336. The zero-order chi connectivity index (χ0) is 19.5. The number of hydrogen-bond acceptors (Lipinski definition) is 5. The number of ether oxygens (including phenoxy) is 2. The van der Waals surface area contributed by atoms with E-state index in [-0.39, 0.29) is 6.42 Å². The summed E-state index contributed by atoms with van der Waals surface area (Å²) in [7, 11) is 1.56. The van der Waals surface area contributed by atoms with Gasteiger partial charge in [0.25, 0.3) is 0 Å². The lowest BCUT2D eigenvalue weighted by Gasteiger charge is -2.07. The average molecular weight is 369 g/mol. The van der Waals surface area contributed by atoms with Gasteiger partial charge in [-0.15, -0.1) is 0 Å². The van der Waals surface area contributed by atoms with Crippen LogP contribution in [0.1, 0.15) is 25.3 Å². The molecule has 0 saturated heterocycles. The fourth-order valence-corrected chi connectivity index (χ4v) is 2.17. The van der Waals surface area contributed by atoms with Crippen LogP contribution in [-0.4, -0.2) is 31.7 Å². The van der Waals surface area contributed by atoms with E-state index in [2.05, 4.69) is 15.8 Å². The molecule has 0 unspecified atom stereocenters. The summed E-state index contributed by atoms with van der Waals surface area (Å²) < 4.78 is 10.7. The number of methoxy groups -OCH3 is 1. The van der Waals surface area contributed by atoms with Crippen LogP contribution in [0.2, 0.25) is 0 Å². The number of hydrazone groups is 1. The Morgan fingerprint density at radius 2 is 1.81 bits per heavy atom. The fourth-order valence-electron chi connectivity index (χ4n) is 2.17. The molecule has 0 spiro atoms. The van der Waals surface area contributed by atoms with Crippen LogP contribution in [0.5, 0.6) is 11.5 Å². The molecule has 2 N–H and O–H groups in total. The second kappa shape index (κ2) is 10.6. The Labute approximate surface area is 158 Å². The van der Waals surface area contributed by atoms with Crippen molar-refractivity contribution in [2.75, 3.05) is 19.0 Å². The number of carbonyl (C=O) groups excluding carboxylic acids is 2. The quantitative estimate of drug-likeness (QED) is 0.404. The number of anilines is 1. The molecular weight excluding hydrogens is 346 g/mol. The average Bonchev–Trinajstić information content (AvgIpc) is 2.67. The molecular formula is C20H23N3O4. The molecule has 0 aromatic heterocycles. The lowest BCUT2D eigenvalue weighted by atomic mass is 10.2. The summed E-state index contributed by atoms with van der Waals surface area (Å²) in [6, 6.07) is 14.2. The van der Waals surface area contributed by atoms with Gasteiger partial charge in [-0.1, -0.05) is 19.1 Å². The highest BCUT2D eigenvalue weighted by Crippen LogP contribution is 2.16. The van der Waals surface area contributed by atoms with Crippen LogP contribution in [0.4, 0.5) is 5.69 Å². The van der Waals surface area contributed by atoms with Gasteiger partial charge in [0.15, 0.2) is 0 Å². The maximum Gasteiger partial charge on any atom is 0.249 e. The third-order valence-corrected chi connectivity index (χ3v) is 3.47.